The quantitative estimate of drug-likeness (QED) is 0.652. The number of carbonyl (C=O) groups is 1. The number of nitro benzene ring substituents is 1. The highest BCUT2D eigenvalue weighted by molar-refractivity contribution is 5.96. The van der Waals surface area contributed by atoms with Crippen molar-refractivity contribution < 1.29 is 18.5 Å². The summed E-state index contributed by atoms with van der Waals surface area (Å²) in [7, 11) is 0. The van der Waals surface area contributed by atoms with Crippen LogP contribution in [-0.4, -0.2) is 10.8 Å². The van der Waals surface area contributed by atoms with Crippen molar-refractivity contribution in [3.05, 3.63) is 33.9 Å². The van der Waals surface area contributed by atoms with Crippen LogP contribution in [0.1, 0.15) is 12.8 Å². The van der Waals surface area contributed by atoms with Gasteiger partial charge in [0.1, 0.15) is 5.82 Å². The Balaban J connectivity index is 2.36. The summed E-state index contributed by atoms with van der Waals surface area (Å²) in [5.74, 6) is -2.90. The van der Waals surface area contributed by atoms with Crippen LogP contribution in [0.2, 0.25) is 0 Å². The molecule has 1 fully saturated rings. The van der Waals surface area contributed by atoms with E-state index in [1.54, 1.807) is 0 Å². The number of amides is 1. The molecule has 0 aromatic heterocycles. The van der Waals surface area contributed by atoms with E-state index in [0.29, 0.717) is 25.0 Å². The standard InChI is InChI=1S/C10H8F2N2O3/c11-6-3-7(12)9(8(4-6)14(16)17)13-10(15)5-1-2-5/h3-5H,1-2H2,(H,13,15). The first kappa shape index (κ1) is 11.4. The second-order valence-corrected chi connectivity index (χ2v) is 3.80. The van der Waals surface area contributed by atoms with Gasteiger partial charge >= 0.3 is 0 Å². The zero-order valence-corrected chi connectivity index (χ0v) is 8.57. The molecular formula is C10H8F2N2O3. The van der Waals surface area contributed by atoms with Gasteiger partial charge in [0, 0.05) is 12.0 Å². The van der Waals surface area contributed by atoms with E-state index in [2.05, 4.69) is 5.32 Å². The summed E-state index contributed by atoms with van der Waals surface area (Å²) in [6.07, 6.45) is 1.37. The summed E-state index contributed by atoms with van der Waals surface area (Å²) in [5.41, 5.74) is -1.36. The number of nitrogens with zero attached hydrogens (tertiary/aromatic N) is 1. The van der Waals surface area contributed by atoms with Gasteiger partial charge < -0.3 is 5.32 Å². The molecule has 17 heavy (non-hydrogen) atoms. The SMILES string of the molecule is O=C(Nc1c(F)cc(F)cc1[N+](=O)[O-])C1CC1. The summed E-state index contributed by atoms with van der Waals surface area (Å²) in [5, 5.41) is 12.7. The smallest absolute Gasteiger partial charge is 0.298 e. The van der Waals surface area contributed by atoms with Crippen molar-refractivity contribution in [1.29, 1.82) is 0 Å². The summed E-state index contributed by atoms with van der Waals surface area (Å²) < 4.78 is 26.2. The predicted molar refractivity (Wildman–Crippen MR) is 54.4 cm³/mol. The van der Waals surface area contributed by atoms with Gasteiger partial charge in [0.2, 0.25) is 5.91 Å². The molecule has 0 bridgehead atoms. The molecule has 5 nitrogen and oxygen atoms in total. The lowest BCUT2D eigenvalue weighted by atomic mass is 10.2. The van der Waals surface area contributed by atoms with Gasteiger partial charge in [-0.1, -0.05) is 0 Å². The number of hydrogen-bond acceptors (Lipinski definition) is 3. The average Bonchev–Trinajstić information content (AvgIpc) is 3.04. The van der Waals surface area contributed by atoms with Gasteiger partial charge in [-0.2, -0.15) is 0 Å². The van der Waals surface area contributed by atoms with Gasteiger partial charge in [-0.15, -0.1) is 0 Å². The maximum absolute atomic E-state index is 13.4. The molecule has 2 rings (SSSR count). The normalized spacial score (nSPS) is 14.5. The largest absolute Gasteiger partial charge is 0.318 e. The van der Waals surface area contributed by atoms with E-state index in [0.717, 1.165) is 0 Å². The average molecular weight is 242 g/mol. The van der Waals surface area contributed by atoms with Crippen molar-refractivity contribution in [2.45, 2.75) is 12.8 Å². The maximum atomic E-state index is 13.4. The fourth-order valence-electron chi connectivity index (χ4n) is 1.40. The maximum Gasteiger partial charge on any atom is 0.298 e. The van der Waals surface area contributed by atoms with E-state index in [9.17, 15) is 23.7 Å². The lowest BCUT2D eigenvalue weighted by molar-refractivity contribution is -0.384. The molecule has 0 unspecified atom stereocenters. The highest BCUT2D eigenvalue weighted by Gasteiger charge is 2.32. The number of hydrogen-bond donors (Lipinski definition) is 1. The minimum atomic E-state index is -1.15. The van der Waals surface area contributed by atoms with Crippen molar-refractivity contribution in [2.75, 3.05) is 5.32 Å². The molecule has 0 saturated heterocycles. The summed E-state index contributed by atoms with van der Waals surface area (Å²) >= 11 is 0. The molecule has 1 aliphatic carbocycles. The lowest BCUT2D eigenvalue weighted by Crippen LogP contribution is -2.16. The van der Waals surface area contributed by atoms with Crippen LogP contribution >= 0.6 is 0 Å². The molecule has 1 saturated carbocycles. The van der Waals surface area contributed by atoms with Gasteiger partial charge in [-0.25, -0.2) is 8.78 Å². The van der Waals surface area contributed by atoms with Crippen LogP contribution in [0.4, 0.5) is 20.2 Å². The zero-order valence-electron chi connectivity index (χ0n) is 8.57. The lowest BCUT2D eigenvalue weighted by Gasteiger charge is -2.06. The van der Waals surface area contributed by atoms with Crippen LogP contribution < -0.4 is 5.32 Å². The number of anilines is 1. The third kappa shape index (κ3) is 2.38. The Labute approximate surface area is 94.6 Å². The predicted octanol–water partition coefficient (Wildman–Crippen LogP) is 2.22. The number of benzene rings is 1. The minimum absolute atomic E-state index is 0.223. The summed E-state index contributed by atoms with van der Waals surface area (Å²) in [4.78, 5) is 21.1. The van der Waals surface area contributed by atoms with E-state index in [1.807, 2.05) is 0 Å². The molecule has 0 atom stereocenters. The highest BCUT2D eigenvalue weighted by atomic mass is 19.1. The van der Waals surface area contributed by atoms with Crippen molar-refractivity contribution >= 4 is 17.3 Å². The number of nitrogens with one attached hydrogen (secondary N) is 1. The number of halogens is 2. The number of carbonyl (C=O) groups excluding carboxylic acids is 1. The third-order valence-electron chi connectivity index (χ3n) is 2.43. The summed E-state index contributed by atoms with van der Waals surface area (Å²) in [6, 6.07) is 1.07. The molecule has 90 valence electrons. The first-order valence-electron chi connectivity index (χ1n) is 4.93. The number of rotatable bonds is 3. The first-order chi connectivity index (χ1) is 7.99. The third-order valence-corrected chi connectivity index (χ3v) is 2.43. The Morgan fingerprint density at radius 1 is 1.41 bits per heavy atom. The van der Waals surface area contributed by atoms with E-state index in [-0.39, 0.29) is 5.92 Å². The molecule has 1 aromatic carbocycles. The summed E-state index contributed by atoms with van der Waals surface area (Å²) in [6.45, 7) is 0. The van der Waals surface area contributed by atoms with Crippen LogP contribution in [0.25, 0.3) is 0 Å². The Bertz CT molecular complexity index is 501. The van der Waals surface area contributed by atoms with Gasteiger partial charge in [0.25, 0.3) is 5.69 Å². The van der Waals surface area contributed by atoms with Gasteiger partial charge in [-0.05, 0) is 12.8 Å². The van der Waals surface area contributed by atoms with Gasteiger partial charge in [-0.3, -0.25) is 14.9 Å². The van der Waals surface area contributed by atoms with Crippen molar-refractivity contribution in [2.24, 2.45) is 5.92 Å². The highest BCUT2D eigenvalue weighted by Crippen LogP contribution is 2.33. The van der Waals surface area contributed by atoms with Gasteiger partial charge in [0.15, 0.2) is 11.5 Å². The van der Waals surface area contributed by atoms with E-state index in [1.165, 1.54) is 0 Å². The molecule has 0 heterocycles. The molecule has 0 aliphatic heterocycles. The molecular weight excluding hydrogens is 234 g/mol. The van der Waals surface area contributed by atoms with Gasteiger partial charge in [0.05, 0.1) is 11.0 Å². The topological polar surface area (TPSA) is 72.2 Å². The molecule has 0 radical (unpaired) electrons. The Morgan fingerprint density at radius 3 is 2.59 bits per heavy atom. The molecule has 1 aliphatic rings. The fraction of sp³-hybridized carbons (Fsp3) is 0.300. The van der Waals surface area contributed by atoms with E-state index in [4.69, 9.17) is 0 Å². The first-order valence-corrected chi connectivity index (χ1v) is 4.93. The second kappa shape index (κ2) is 4.08. The van der Waals surface area contributed by atoms with Crippen LogP contribution in [0.3, 0.4) is 0 Å². The Kier molecular flexibility index (Phi) is 2.74. The molecule has 7 heteroatoms. The Morgan fingerprint density at radius 2 is 2.06 bits per heavy atom. The Hall–Kier alpha value is -2.05. The fourth-order valence-corrected chi connectivity index (χ4v) is 1.40. The molecule has 0 spiro atoms. The monoisotopic (exact) mass is 242 g/mol. The molecule has 1 amide bonds. The zero-order chi connectivity index (χ0) is 12.6. The molecule has 1 aromatic rings. The van der Waals surface area contributed by atoms with E-state index < -0.39 is 33.8 Å². The van der Waals surface area contributed by atoms with Crippen LogP contribution in [0.15, 0.2) is 12.1 Å². The second-order valence-electron chi connectivity index (χ2n) is 3.80. The van der Waals surface area contributed by atoms with Crippen molar-refractivity contribution in [3.8, 4) is 0 Å². The number of nitro groups is 1. The van der Waals surface area contributed by atoms with Crippen LogP contribution in [0, 0.1) is 27.7 Å². The minimum Gasteiger partial charge on any atom is -0.318 e. The van der Waals surface area contributed by atoms with Crippen molar-refractivity contribution in [3.63, 3.8) is 0 Å². The molecule has 1 N–H and O–H groups in total. The van der Waals surface area contributed by atoms with E-state index >= 15 is 0 Å². The van der Waals surface area contributed by atoms with Crippen molar-refractivity contribution in [1.82, 2.24) is 0 Å². The van der Waals surface area contributed by atoms with Crippen LogP contribution in [-0.2, 0) is 4.79 Å². The van der Waals surface area contributed by atoms with Crippen LogP contribution in [0.5, 0.6) is 0 Å².